The van der Waals surface area contributed by atoms with Gasteiger partial charge in [-0.15, -0.1) is 0 Å². The first-order valence-corrected chi connectivity index (χ1v) is 9.56. The first-order chi connectivity index (χ1) is 13.4. The third-order valence-corrected chi connectivity index (χ3v) is 4.86. The maximum atomic E-state index is 12.5. The van der Waals surface area contributed by atoms with Crippen LogP contribution in [0.15, 0.2) is 35.4 Å². The second-order valence-electron chi connectivity index (χ2n) is 8.17. The Morgan fingerprint density at radius 3 is 2.75 bits per heavy atom. The fourth-order valence-corrected chi connectivity index (χ4v) is 3.29. The van der Waals surface area contributed by atoms with E-state index in [0.29, 0.717) is 28.8 Å². The molecule has 0 bridgehead atoms. The van der Waals surface area contributed by atoms with E-state index in [1.165, 1.54) is 0 Å². The van der Waals surface area contributed by atoms with Crippen molar-refractivity contribution in [2.24, 2.45) is 0 Å². The predicted molar refractivity (Wildman–Crippen MR) is 103 cm³/mol. The van der Waals surface area contributed by atoms with Crippen LogP contribution in [0.1, 0.15) is 62.8 Å². The van der Waals surface area contributed by atoms with E-state index in [1.807, 2.05) is 32.9 Å². The molecule has 3 aromatic rings. The maximum absolute atomic E-state index is 12.5. The smallest absolute Gasteiger partial charge is 0.271 e. The lowest BCUT2D eigenvalue weighted by atomic mass is 9.96. The molecule has 1 amide bonds. The fraction of sp³-hybridized carbons (Fsp3) is 0.450. The summed E-state index contributed by atoms with van der Waals surface area (Å²) in [5, 5.41) is 7.14. The number of imidazole rings is 1. The normalized spacial score (nSPS) is 15.1. The van der Waals surface area contributed by atoms with Crippen molar-refractivity contribution in [2.45, 2.75) is 57.9 Å². The number of pyridine rings is 1. The van der Waals surface area contributed by atoms with E-state index in [-0.39, 0.29) is 17.4 Å². The van der Waals surface area contributed by atoms with E-state index in [0.717, 1.165) is 25.7 Å². The van der Waals surface area contributed by atoms with Crippen LogP contribution in [0.4, 0.5) is 0 Å². The minimum Gasteiger partial charge on any atom is -0.348 e. The molecule has 3 aromatic heterocycles. The minimum absolute atomic E-state index is 0.157. The number of aromatic nitrogens is 5. The highest BCUT2D eigenvalue weighted by Gasteiger charge is 2.24. The van der Waals surface area contributed by atoms with E-state index in [1.54, 1.807) is 23.3 Å². The molecule has 8 nitrogen and oxygen atoms in total. The molecule has 1 N–H and O–H groups in total. The molecule has 0 saturated heterocycles. The molecule has 1 fully saturated rings. The zero-order valence-electron chi connectivity index (χ0n) is 16.3. The number of amides is 1. The third-order valence-electron chi connectivity index (χ3n) is 4.86. The predicted octanol–water partition coefficient (Wildman–Crippen LogP) is 3.29. The van der Waals surface area contributed by atoms with Gasteiger partial charge in [-0.2, -0.15) is 4.98 Å². The molecule has 1 saturated carbocycles. The number of hydrogen-bond acceptors (Lipinski definition) is 6. The van der Waals surface area contributed by atoms with Crippen molar-refractivity contribution in [1.29, 1.82) is 0 Å². The van der Waals surface area contributed by atoms with E-state index >= 15 is 0 Å². The zero-order valence-corrected chi connectivity index (χ0v) is 16.3. The highest BCUT2D eigenvalue weighted by Crippen LogP contribution is 2.27. The summed E-state index contributed by atoms with van der Waals surface area (Å²) in [4.78, 5) is 25.7. The monoisotopic (exact) mass is 380 g/mol. The molecule has 1 aliphatic carbocycles. The molecule has 8 heteroatoms. The van der Waals surface area contributed by atoms with Crippen LogP contribution in [0.3, 0.4) is 0 Å². The molecule has 0 aliphatic heterocycles. The van der Waals surface area contributed by atoms with Crippen molar-refractivity contribution in [3.05, 3.63) is 42.4 Å². The van der Waals surface area contributed by atoms with E-state index < -0.39 is 0 Å². The Morgan fingerprint density at radius 1 is 1.25 bits per heavy atom. The summed E-state index contributed by atoms with van der Waals surface area (Å²) in [6, 6.07) is 3.92. The van der Waals surface area contributed by atoms with Gasteiger partial charge in [-0.3, -0.25) is 9.36 Å². The Kier molecular flexibility index (Phi) is 4.70. The molecule has 0 aromatic carbocycles. The van der Waals surface area contributed by atoms with Gasteiger partial charge in [0.1, 0.15) is 12.0 Å². The number of carbonyl (C=O) groups excluding carboxylic acids is 1. The van der Waals surface area contributed by atoms with E-state index in [4.69, 9.17) is 4.52 Å². The van der Waals surface area contributed by atoms with Crippen molar-refractivity contribution in [3.8, 4) is 17.3 Å². The lowest BCUT2D eigenvalue weighted by molar-refractivity contribution is 0.0933. The third kappa shape index (κ3) is 3.67. The molecule has 0 unspecified atom stereocenters. The topological polar surface area (TPSA) is 98.7 Å². The van der Waals surface area contributed by atoms with Crippen LogP contribution in [0.25, 0.3) is 17.3 Å². The fourth-order valence-electron chi connectivity index (χ4n) is 3.29. The van der Waals surface area contributed by atoms with Gasteiger partial charge in [-0.1, -0.05) is 38.8 Å². The average molecular weight is 380 g/mol. The van der Waals surface area contributed by atoms with Crippen LogP contribution >= 0.6 is 0 Å². The molecule has 1 aliphatic rings. The standard InChI is InChI=1S/C20H24N6O2/c1-20(2,3)19-24-18(28-25-19)14-9-6-10-21-16(14)26-11-15(22-12-26)17(27)23-13-7-4-5-8-13/h6,9-13H,4-5,7-8H2,1-3H3,(H,23,27). The number of carbonyl (C=O) groups is 1. The second kappa shape index (κ2) is 7.18. The Labute approximate surface area is 163 Å². The maximum Gasteiger partial charge on any atom is 0.271 e. The highest BCUT2D eigenvalue weighted by molar-refractivity contribution is 5.92. The molecule has 0 atom stereocenters. The van der Waals surface area contributed by atoms with Crippen LogP contribution in [0.2, 0.25) is 0 Å². The summed E-state index contributed by atoms with van der Waals surface area (Å²) in [6.07, 6.45) is 9.33. The van der Waals surface area contributed by atoms with Crippen molar-refractivity contribution < 1.29 is 9.32 Å². The summed E-state index contributed by atoms with van der Waals surface area (Å²) in [5.41, 5.74) is 0.833. The summed E-state index contributed by atoms with van der Waals surface area (Å²) in [6.45, 7) is 6.07. The first-order valence-electron chi connectivity index (χ1n) is 9.56. The summed E-state index contributed by atoms with van der Waals surface area (Å²) in [7, 11) is 0. The highest BCUT2D eigenvalue weighted by atomic mass is 16.5. The summed E-state index contributed by atoms with van der Waals surface area (Å²) >= 11 is 0. The van der Waals surface area contributed by atoms with Gasteiger partial charge < -0.3 is 9.84 Å². The van der Waals surface area contributed by atoms with Crippen molar-refractivity contribution in [1.82, 2.24) is 30.0 Å². The Hall–Kier alpha value is -3.03. The van der Waals surface area contributed by atoms with Crippen LogP contribution in [0, 0.1) is 0 Å². The molecule has 4 rings (SSSR count). The number of rotatable bonds is 4. The zero-order chi connectivity index (χ0) is 19.7. The number of nitrogens with zero attached hydrogens (tertiary/aromatic N) is 5. The average Bonchev–Trinajstić information content (AvgIpc) is 3.41. The number of nitrogens with one attached hydrogen (secondary N) is 1. The molecule has 146 valence electrons. The van der Waals surface area contributed by atoms with Gasteiger partial charge in [-0.05, 0) is 25.0 Å². The van der Waals surface area contributed by atoms with E-state index in [2.05, 4.69) is 25.4 Å². The van der Waals surface area contributed by atoms with Crippen LogP contribution in [0.5, 0.6) is 0 Å². The van der Waals surface area contributed by atoms with Gasteiger partial charge in [0, 0.05) is 23.9 Å². The molecule has 0 spiro atoms. The van der Waals surface area contributed by atoms with Gasteiger partial charge in [0.05, 0.1) is 5.56 Å². The van der Waals surface area contributed by atoms with Gasteiger partial charge >= 0.3 is 0 Å². The molecule has 28 heavy (non-hydrogen) atoms. The Morgan fingerprint density at radius 2 is 2.04 bits per heavy atom. The van der Waals surface area contributed by atoms with Crippen LogP contribution < -0.4 is 5.32 Å². The quantitative estimate of drug-likeness (QED) is 0.746. The van der Waals surface area contributed by atoms with Gasteiger partial charge in [0.15, 0.2) is 11.6 Å². The van der Waals surface area contributed by atoms with Crippen LogP contribution in [-0.4, -0.2) is 36.6 Å². The number of hydrogen-bond donors (Lipinski definition) is 1. The van der Waals surface area contributed by atoms with Crippen molar-refractivity contribution in [3.63, 3.8) is 0 Å². The van der Waals surface area contributed by atoms with Crippen LogP contribution in [-0.2, 0) is 5.41 Å². The first kappa shape index (κ1) is 18.3. The Balaban J connectivity index is 1.61. The van der Waals surface area contributed by atoms with E-state index in [9.17, 15) is 4.79 Å². The van der Waals surface area contributed by atoms with Gasteiger partial charge in [-0.25, -0.2) is 9.97 Å². The molecular weight excluding hydrogens is 356 g/mol. The lowest BCUT2D eigenvalue weighted by Gasteiger charge is -2.11. The largest absolute Gasteiger partial charge is 0.348 e. The molecule has 3 heterocycles. The van der Waals surface area contributed by atoms with Crippen molar-refractivity contribution >= 4 is 5.91 Å². The van der Waals surface area contributed by atoms with Gasteiger partial charge in [0.2, 0.25) is 0 Å². The molecular formula is C20H24N6O2. The minimum atomic E-state index is -0.218. The SMILES string of the molecule is CC(C)(C)c1noc(-c2cccnc2-n2cnc(C(=O)NC3CCCC3)c2)n1. The van der Waals surface area contributed by atoms with Gasteiger partial charge in [0.25, 0.3) is 11.8 Å². The summed E-state index contributed by atoms with van der Waals surface area (Å²) < 4.78 is 7.18. The lowest BCUT2D eigenvalue weighted by Crippen LogP contribution is -2.32. The Bertz CT molecular complexity index is 978. The molecule has 0 radical (unpaired) electrons. The second-order valence-corrected chi connectivity index (χ2v) is 8.17. The summed E-state index contributed by atoms with van der Waals surface area (Å²) in [5.74, 6) is 1.44. The van der Waals surface area contributed by atoms with Crippen molar-refractivity contribution in [2.75, 3.05) is 0 Å².